The Labute approximate surface area is 130 Å². The number of rotatable bonds is 6. The lowest BCUT2D eigenvalue weighted by molar-refractivity contribution is -0.127. The first-order valence-electron chi connectivity index (χ1n) is 7.01. The van der Waals surface area contributed by atoms with Crippen molar-refractivity contribution in [2.45, 2.75) is 18.9 Å². The van der Waals surface area contributed by atoms with Crippen LogP contribution >= 0.6 is 11.8 Å². The van der Waals surface area contributed by atoms with Crippen molar-refractivity contribution in [2.75, 3.05) is 18.8 Å². The fourth-order valence-electron chi connectivity index (χ4n) is 2.06. The quantitative estimate of drug-likeness (QED) is 0.602. The predicted octanol–water partition coefficient (Wildman–Crippen LogP) is 3.75. The van der Waals surface area contributed by atoms with Crippen LogP contribution in [0.3, 0.4) is 0 Å². The third-order valence-electron chi connectivity index (χ3n) is 3.11. The zero-order chi connectivity index (χ0) is 15.2. The van der Waals surface area contributed by atoms with Gasteiger partial charge in [0.15, 0.2) is 0 Å². The van der Waals surface area contributed by atoms with E-state index in [0.717, 1.165) is 21.5 Å². The lowest BCUT2D eigenvalue weighted by Gasteiger charge is -2.20. The number of thioether (sulfide) groups is 1. The predicted molar refractivity (Wildman–Crippen MR) is 89.5 cm³/mol. The number of hydrogen-bond acceptors (Lipinski definition) is 3. The van der Waals surface area contributed by atoms with Gasteiger partial charge in [0.1, 0.15) is 0 Å². The summed E-state index contributed by atoms with van der Waals surface area (Å²) in [6.07, 6.45) is 0. The van der Waals surface area contributed by atoms with Crippen LogP contribution in [-0.4, -0.2) is 34.6 Å². The zero-order valence-corrected chi connectivity index (χ0v) is 13.3. The summed E-state index contributed by atoms with van der Waals surface area (Å²) in [5.41, 5.74) is 1.96. The van der Waals surface area contributed by atoms with Crippen molar-refractivity contribution in [3.8, 4) is 0 Å². The van der Waals surface area contributed by atoms with Crippen LogP contribution in [0.2, 0.25) is 0 Å². The molecule has 2 rings (SSSR count). The van der Waals surface area contributed by atoms with E-state index in [9.17, 15) is 4.79 Å². The zero-order valence-electron chi connectivity index (χ0n) is 12.5. The number of amides is 1. The van der Waals surface area contributed by atoms with Crippen LogP contribution in [0, 0.1) is 0 Å². The minimum absolute atomic E-state index is 0.125. The molecule has 110 valence electrons. The molecule has 1 aromatic carbocycles. The molecule has 3 nitrogen and oxygen atoms in total. The van der Waals surface area contributed by atoms with Crippen LogP contribution in [-0.2, 0) is 4.79 Å². The number of carbonyl (C=O) groups is 1. The number of benzene rings is 1. The average Bonchev–Trinajstić information content (AvgIpc) is 2.49. The van der Waals surface area contributed by atoms with Crippen molar-refractivity contribution in [1.29, 1.82) is 0 Å². The molecule has 0 radical (unpaired) electrons. The third-order valence-corrected chi connectivity index (χ3v) is 4.03. The maximum Gasteiger partial charge on any atom is 0.233 e. The molecule has 0 aliphatic heterocycles. The number of para-hydroxylation sites is 1. The number of nitrogens with zero attached hydrogens (tertiary/aromatic N) is 2. The smallest absolute Gasteiger partial charge is 0.233 e. The molecule has 1 heterocycles. The SMILES string of the molecule is C=C(C)CN(CC)C(=O)CSc1ccc2ccccc2n1. The van der Waals surface area contributed by atoms with E-state index in [1.165, 1.54) is 11.8 Å². The topological polar surface area (TPSA) is 33.2 Å². The van der Waals surface area contributed by atoms with Crippen LogP contribution in [0.25, 0.3) is 10.9 Å². The summed E-state index contributed by atoms with van der Waals surface area (Å²) in [6, 6.07) is 12.0. The lowest BCUT2D eigenvalue weighted by Crippen LogP contribution is -2.33. The normalized spacial score (nSPS) is 10.6. The Morgan fingerprint density at radius 3 is 2.76 bits per heavy atom. The largest absolute Gasteiger partial charge is 0.338 e. The summed E-state index contributed by atoms with van der Waals surface area (Å²) in [5, 5.41) is 2.00. The van der Waals surface area contributed by atoms with E-state index in [-0.39, 0.29) is 5.91 Å². The number of pyridine rings is 1. The molecule has 0 N–H and O–H groups in total. The van der Waals surface area contributed by atoms with Gasteiger partial charge in [0, 0.05) is 18.5 Å². The van der Waals surface area contributed by atoms with Crippen LogP contribution in [0.4, 0.5) is 0 Å². The summed E-state index contributed by atoms with van der Waals surface area (Å²) < 4.78 is 0. The number of aromatic nitrogens is 1. The maximum atomic E-state index is 12.2. The molecular weight excluding hydrogens is 280 g/mol. The second kappa shape index (κ2) is 7.27. The standard InChI is InChI=1S/C17H20N2OS/c1-4-19(11-13(2)3)17(20)12-21-16-10-9-14-7-5-6-8-15(14)18-16/h5-10H,2,4,11-12H2,1,3H3. The molecule has 0 spiro atoms. The fourth-order valence-corrected chi connectivity index (χ4v) is 2.84. The Hall–Kier alpha value is -1.81. The van der Waals surface area contributed by atoms with Gasteiger partial charge in [-0.15, -0.1) is 0 Å². The minimum atomic E-state index is 0.125. The Bertz CT molecular complexity index is 654. The molecule has 1 amide bonds. The molecular formula is C17H20N2OS. The summed E-state index contributed by atoms with van der Waals surface area (Å²) in [7, 11) is 0. The summed E-state index contributed by atoms with van der Waals surface area (Å²) in [6.45, 7) is 9.12. The van der Waals surface area contributed by atoms with Gasteiger partial charge in [0.05, 0.1) is 16.3 Å². The van der Waals surface area contributed by atoms with Crippen LogP contribution in [0.1, 0.15) is 13.8 Å². The maximum absolute atomic E-state index is 12.2. The highest BCUT2D eigenvalue weighted by atomic mass is 32.2. The molecule has 2 aromatic rings. The first kappa shape index (κ1) is 15.6. The highest BCUT2D eigenvalue weighted by molar-refractivity contribution is 7.99. The molecule has 0 aliphatic rings. The first-order chi connectivity index (χ1) is 10.1. The van der Waals surface area contributed by atoms with Crippen molar-refractivity contribution < 1.29 is 4.79 Å². The van der Waals surface area contributed by atoms with Gasteiger partial charge in [-0.3, -0.25) is 4.79 Å². The van der Waals surface area contributed by atoms with Crippen LogP contribution in [0.15, 0.2) is 53.6 Å². The molecule has 0 saturated heterocycles. The Balaban J connectivity index is 2.00. The second-order valence-electron chi connectivity index (χ2n) is 5.00. The molecule has 4 heteroatoms. The van der Waals surface area contributed by atoms with Crippen molar-refractivity contribution >= 4 is 28.6 Å². The molecule has 0 unspecified atom stereocenters. The summed E-state index contributed by atoms with van der Waals surface area (Å²) in [5.74, 6) is 0.535. The van der Waals surface area contributed by atoms with E-state index in [2.05, 4.69) is 11.6 Å². The van der Waals surface area contributed by atoms with E-state index >= 15 is 0 Å². The van der Waals surface area contributed by atoms with Crippen molar-refractivity contribution in [3.05, 3.63) is 48.6 Å². The minimum Gasteiger partial charge on any atom is -0.338 e. The molecule has 0 bridgehead atoms. The van der Waals surface area contributed by atoms with E-state index < -0.39 is 0 Å². The third kappa shape index (κ3) is 4.33. The molecule has 1 aromatic heterocycles. The molecule has 21 heavy (non-hydrogen) atoms. The molecule has 0 saturated carbocycles. The van der Waals surface area contributed by atoms with Crippen molar-refractivity contribution in [3.63, 3.8) is 0 Å². The second-order valence-corrected chi connectivity index (χ2v) is 5.99. The number of likely N-dealkylation sites (N-methyl/N-ethyl adjacent to an activating group) is 1. The van der Waals surface area contributed by atoms with Gasteiger partial charge in [-0.2, -0.15) is 0 Å². The van der Waals surface area contributed by atoms with Gasteiger partial charge in [0.2, 0.25) is 5.91 Å². The average molecular weight is 300 g/mol. The van der Waals surface area contributed by atoms with Crippen LogP contribution < -0.4 is 0 Å². The van der Waals surface area contributed by atoms with Gasteiger partial charge in [0.25, 0.3) is 0 Å². The van der Waals surface area contributed by atoms with Gasteiger partial charge in [-0.05, 0) is 26.0 Å². The monoisotopic (exact) mass is 300 g/mol. The van der Waals surface area contributed by atoms with Crippen molar-refractivity contribution in [1.82, 2.24) is 9.88 Å². The van der Waals surface area contributed by atoms with E-state index in [1.807, 2.05) is 55.1 Å². The highest BCUT2D eigenvalue weighted by Gasteiger charge is 2.12. The lowest BCUT2D eigenvalue weighted by atomic mass is 10.2. The molecule has 0 aliphatic carbocycles. The van der Waals surface area contributed by atoms with Crippen molar-refractivity contribution in [2.24, 2.45) is 0 Å². The van der Waals surface area contributed by atoms with E-state index in [1.54, 1.807) is 0 Å². The first-order valence-corrected chi connectivity index (χ1v) is 7.99. The summed E-state index contributed by atoms with van der Waals surface area (Å²) in [4.78, 5) is 18.6. The highest BCUT2D eigenvalue weighted by Crippen LogP contribution is 2.20. The van der Waals surface area contributed by atoms with Crippen LogP contribution in [0.5, 0.6) is 0 Å². The Morgan fingerprint density at radius 1 is 1.29 bits per heavy atom. The van der Waals surface area contributed by atoms with Gasteiger partial charge < -0.3 is 4.90 Å². The molecule has 0 fully saturated rings. The van der Waals surface area contributed by atoms with E-state index in [4.69, 9.17) is 0 Å². The number of carbonyl (C=O) groups excluding carboxylic acids is 1. The number of fused-ring (bicyclic) bond motifs is 1. The van der Waals surface area contributed by atoms with Gasteiger partial charge >= 0.3 is 0 Å². The van der Waals surface area contributed by atoms with Gasteiger partial charge in [-0.25, -0.2) is 4.98 Å². The Kier molecular flexibility index (Phi) is 5.39. The molecule has 0 atom stereocenters. The number of hydrogen-bond donors (Lipinski definition) is 0. The van der Waals surface area contributed by atoms with Gasteiger partial charge in [-0.1, -0.05) is 48.2 Å². The fraction of sp³-hybridized carbons (Fsp3) is 0.294. The van der Waals surface area contributed by atoms with E-state index in [0.29, 0.717) is 18.8 Å². The summed E-state index contributed by atoms with van der Waals surface area (Å²) >= 11 is 1.48. The Morgan fingerprint density at radius 2 is 2.05 bits per heavy atom.